The van der Waals surface area contributed by atoms with Gasteiger partial charge in [0.15, 0.2) is 23.3 Å². The van der Waals surface area contributed by atoms with Crippen LogP contribution in [-0.2, 0) is 0 Å². The summed E-state index contributed by atoms with van der Waals surface area (Å²) < 4.78 is 53.1. The van der Waals surface area contributed by atoms with E-state index in [0.717, 1.165) is 12.8 Å². The molecule has 21 heavy (non-hydrogen) atoms. The van der Waals surface area contributed by atoms with Crippen LogP contribution in [0.25, 0.3) is 0 Å². The lowest BCUT2D eigenvalue weighted by molar-refractivity contribution is 0.0593. The minimum absolute atomic E-state index is 0.254. The summed E-state index contributed by atoms with van der Waals surface area (Å²) in [6.07, 6.45) is 2.81. The highest BCUT2D eigenvalue weighted by atomic mass is 19.2. The molecule has 0 saturated carbocycles. The van der Waals surface area contributed by atoms with E-state index in [1.54, 1.807) is 0 Å². The van der Waals surface area contributed by atoms with Crippen molar-refractivity contribution in [1.29, 1.82) is 0 Å². The van der Waals surface area contributed by atoms with Gasteiger partial charge in [-0.05, 0) is 18.9 Å². The van der Waals surface area contributed by atoms with E-state index < -0.39 is 40.8 Å². The third kappa shape index (κ3) is 3.02. The molecule has 0 aromatic heterocycles. The molecule has 1 aliphatic heterocycles. The number of aliphatic hydroxyl groups is 1. The van der Waals surface area contributed by atoms with E-state index in [0.29, 0.717) is 18.9 Å². The van der Waals surface area contributed by atoms with Gasteiger partial charge in [-0.2, -0.15) is 0 Å². The lowest BCUT2D eigenvalue weighted by atomic mass is 10.1. The van der Waals surface area contributed by atoms with Crippen molar-refractivity contribution < 1.29 is 27.5 Å². The third-order valence-corrected chi connectivity index (χ3v) is 3.68. The summed E-state index contributed by atoms with van der Waals surface area (Å²) >= 11 is 0. The Labute approximate surface area is 119 Å². The van der Waals surface area contributed by atoms with Crippen LogP contribution in [0.15, 0.2) is 6.07 Å². The lowest BCUT2D eigenvalue weighted by Gasteiger charge is -2.28. The van der Waals surface area contributed by atoms with E-state index in [9.17, 15) is 27.5 Å². The second-order valence-corrected chi connectivity index (χ2v) is 5.03. The maximum atomic E-state index is 13.7. The van der Waals surface area contributed by atoms with Gasteiger partial charge in [-0.25, -0.2) is 17.6 Å². The summed E-state index contributed by atoms with van der Waals surface area (Å²) in [4.78, 5) is 13.5. The number of halogens is 4. The molecule has 1 aliphatic rings. The van der Waals surface area contributed by atoms with E-state index >= 15 is 0 Å². The van der Waals surface area contributed by atoms with Crippen LogP contribution in [0.2, 0.25) is 0 Å². The van der Waals surface area contributed by atoms with Crippen LogP contribution >= 0.6 is 0 Å². The second kappa shape index (κ2) is 6.43. The van der Waals surface area contributed by atoms with Crippen LogP contribution in [0.5, 0.6) is 0 Å². The van der Waals surface area contributed by atoms with E-state index in [4.69, 9.17) is 0 Å². The molecule has 1 heterocycles. The van der Waals surface area contributed by atoms with Crippen molar-refractivity contribution in [3.05, 3.63) is 34.9 Å². The fourth-order valence-electron chi connectivity index (χ4n) is 2.52. The summed E-state index contributed by atoms with van der Waals surface area (Å²) in [7, 11) is 0. The maximum absolute atomic E-state index is 13.7. The number of carbonyl (C=O) groups excluding carboxylic acids is 1. The molecule has 1 fully saturated rings. The number of hydrogen-bond acceptors (Lipinski definition) is 2. The summed E-state index contributed by atoms with van der Waals surface area (Å²) in [5, 5.41) is 9.31. The molecule has 0 unspecified atom stereocenters. The zero-order chi connectivity index (χ0) is 15.6. The molecule has 1 N–H and O–H groups in total. The largest absolute Gasteiger partial charge is 0.394 e. The van der Waals surface area contributed by atoms with Crippen molar-refractivity contribution in [2.75, 3.05) is 13.2 Å². The summed E-state index contributed by atoms with van der Waals surface area (Å²) in [6.45, 7) is -0.0658. The molecule has 0 spiro atoms. The monoisotopic (exact) mass is 305 g/mol. The number of benzene rings is 1. The minimum atomic E-state index is -2.01. The molecule has 1 aromatic rings. The standard InChI is InChI=1S/C14H15F4NO2/c15-10-6-9(11(16)13(18)12(10)17)14(21)19-5-3-1-2-4-8(19)7-20/h6,8,20H,1-5,7H2/t8-/m1/s1. The zero-order valence-corrected chi connectivity index (χ0v) is 11.2. The van der Waals surface area contributed by atoms with Crippen LogP contribution in [0, 0.1) is 23.3 Å². The van der Waals surface area contributed by atoms with E-state index in [2.05, 4.69) is 0 Å². The number of aliphatic hydroxyl groups excluding tert-OH is 1. The first-order valence-corrected chi connectivity index (χ1v) is 6.72. The molecular weight excluding hydrogens is 290 g/mol. The fourth-order valence-corrected chi connectivity index (χ4v) is 2.52. The zero-order valence-electron chi connectivity index (χ0n) is 11.2. The Morgan fingerprint density at radius 1 is 1.14 bits per heavy atom. The van der Waals surface area contributed by atoms with Gasteiger partial charge < -0.3 is 10.0 Å². The number of amides is 1. The van der Waals surface area contributed by atoms with Crippen LogP contribution in [-0.4, -0.2) is 35.1 Å². The van der Waals surface area contributed by atoms with Crippen LogP contribution in [0.1, 0.15) is 36.0 Å². The van der Waals surface area contributed by atoms with Gasteiger partial charge in [0.2, 0.25) is 0 Å². The molecule has 1 amide bonds. The molecule has 1 aromatic carbocycles. The van der Waals surface area contributed by atoms with Gasteiger partial charge in [-0.15, -0.1) is 0 Å². The lowest BCUT2D eigenvalue weighted by Crippen LogP contribution is -2.42. The van der Waals surface area contributed by atoms with Crippen molar-refractivity contribution in [2.24, 2.45) is 0 Å². The smallest absolute Gasteiger partial charge is 0.257 e. The number of rotatable bonds is 2. The Morgan fingerprint density at radius 3 is 2.52 bits per heavy atom. The molecule has 1 saturated heterocycles. The molecular formula is C14H15F4NO2. The van der Waals surface area contributed by atoms with Crippen LogP contribution in [0.3, 0.4) is 0 Å². The van der Waals surface area contributed by atoms with Crippen LogP contribution in [0.4, 0.5) is 17.6 Å². The topological polar surface area (TPSA) is 40.5 Å². The summed E-state index contributed by atoms with van der Waals surface area (Å²) in [6, 6.07) is -0.175. The maximum Gasteiger partial charge on any atom is 0.257 e. The highest BCUT2D eigenvalue weighted by Gasteiger charge is 2.30. The first-order chi connectivity index (χ1) is 9.97. The number of hydrogen-bond donors (Lipinski definition) is 1. The molecule has 0 aliphatic carbocycles. The van der Waals surface area contributed by atoms with Crippen molar-refractivity contribution in [1.82, 2.24) is 4.90 Å². The molecule has 2 rings (SSSR count). The second-order valence-electron chi connectivity index (χ2n) is 5.03. The quantitative estimate of drug-likeness (QED) is 0.518. The third-order valence-electron chi connectivity index (χ3n) is 3.68. The highest BCUT2D eigenvalue weighted by Crippen LogP contribution is 2.23. The normalized spacial score (nSPS) is 19.5. The Kier molecular flexibility index (Phi) is 4.82. The van der Waals surface area contributed by atoms with Crippen molar-refractivity contribution in [3.63, 3.8) is 0 Å². The average molecular weight is 305 g/mol. The Hall–Kier alpha value is -1.63. The molecule has 7 heteroatoms. The molecule has 0 bridgehead atoms. The fraction of sp³-hybridized carbons (Fsp3) is 0.500. The summed E-state index contributed by atoms with van der Waals surface area (Å²) in [5.74, 6) is -8.22. The van der Waals surface area contributed by atoms with Gasteiger partial charge in [0.1, 0.15) is 0 Å². The Balaban J connectivity index is 2.38. The van der Waals surface area contributed by atoms with Gasteiger partial charge in [0, 0.05) is 6.54 Å². The molecule has 1 atom stereocenters. The minimum Gasteiger partial charge on any atom is -0.394 e. The van der Waals surface area contributed by atoms with Gasteiger partial charge in [-0.3, -0.25) is 4.79 Å². The predicted molar refractivity (Wildman–Crippen MR) is 66.7 cm³/mol. The number of likely N-dealkylation sites (tertiary alicyclic amines) is 1. The van der Waals surface area contributed by atoms with E-state index in [-0.39, 0.29) is 13.2 Å². The van der Waals surface area contributed by atoms with Gasteiger partial charge in [0.05, 0.1) is 18.2 Å². The van der Waals surface area contributed by atoms with Gasteiger partial charge in [-0.1, -0.05) is 12.8 Å². The van der Waals surface area contributed by atoms with E-state index in [1.807, 2.05) is 0 Å². The molecule has 116 valence electrons. The number of carbonyl (C=O) groups is 1. The Morgan fingerprint density at radius 2 is 1.86 bits per heavy atom. The first kappa shape index (κ1) is 15.8. The highest BCUT2D eigenvalue weighted by molar-refractivity contribution is 5.94. The van der Waals surface area contributed by atoms with Crippen LogP contribution < -0.4 is 0 Å². The van der Waals surface area contributed by atoms with Crippen molar-refractivity contribution >= 4 is 5.91 Å². The summed E-state index contributed by atoms with van der Waals surface area (Å²) in [5.41, 5.74) is -0.855. The van der Waals surface area contributed by atoms with Gasteiger partial charge in [0.25, 0.3) is 5.91 Å². The predicted octanol–water partition coefficient (Wildman–Crippen LogP) is 2.62. The van der Waals surface area contributed by atoms with Gasteiger partial charge >= 0.3 is 0 Å². The average Bonchev–Trinajstić information content (AvgIpc) is 2.73. The van der Waals surface area contributed by atoms with E-state index in [1.165, 1.54) is 4.90 Å². The first-order valence-electron chi connectivity index (χ1n) is 6.72. The SMILES string of the molecule is O=C(c1cc(F)c(F)c(F)c1F)N1CCCCC[C@@H]1CO. The Bertz CT molecular complexity index is 550. The molecule has 3 nitrogen and oxygen atoms in total. The van der Waals surface area contributed by atoms with Crippen molar-refractivity contribution in [2.45, 2.75) is 31.7 Å². The number of nitrogens with zero attached hydrogens (tertiary/aromatic N) is 1. The van der Waals surface area contributed by atoms with Crippen molar-refractivity contribution in [3.8, 4) is 0 Å². The molecule has 0 radical (unpaired) electrons.